The Balaban J connectivity index is 1.06. The van der Waals surface area contributed by atoms with Crippen molar-refractivity contribution in [2.24, 2.45) is 0 Å². The molecule has 0 bridgehead atoms. The van der Waals surface area contributed by atoms with Crippen LogP contribution in [0.3, 0.4) is 0 Å². The second kappa shape index (κ2) is 12.8. The number of allylic oxidation sites excluding steroid dienone is 2. The Kier molecular flexibility index (Phi) is 7.52. The fraction of sp³-hybridized carbons (Fsp3) is 0.0566. The van der Waals surface area contributed by atoms with E-state index in [-0.39, 0.29) is 12.0 Å². The quantitative estimate of drug-likeness (QED) is 0.163. The Morgan fingerprint density at radius 3 is 1.33 bits per heavy atom. The molecule has 272 valence electrons. The van der Waals surface area contributed by atoms with Gasteiger partial charge in [-0.15, -0.1) is 0 Å². The van der Waals surface area contributed by atoms with Crippen molar-refractivity contribution in [3.05, 3.63) is 205 Å². The summed E-state index contributed by atoms with van der Waals surface area (Å²) >= 11 is 0. The van der Waals surface area contributed by atoms with Gasteiger partial charge in [0.1, 0.15) is 11.9 Å². The van der Waals surface area contributed by atoms with Gasteiger partial charge in [0.25, 0.3) is 0 Å². The third kappa shape index (κ3) is 5.24. The molecule has 0 N–H and O–H groups in total. The minimum absolute atomic E-state index is 0.0202. The predicted molar refractivity (Wildman–Crippen MR) is 228 cm³/mol. The number of alkyl halides is 3. The SMILES string of the molecule is FC(F)(F)c1ccc(-c2c3ccccc3c(C3=CC=CC4c5cc(-c6c7ccccc7c(-c7ccccc7)c7ccccc67)ccc5OC34)c3ccccc23)cc1. The van der Waals surface area contributed by atoms with E-state index in [1.165, 1.54) is 50.4 Å². The molecule has 2 unspecified atom stereocenters. The van der Waals surface area contributed by atoms with Crippen LogP contribution in [-0.4, -0.2) is 6.10 Å². The Hall–Kier alpha value is -6.91. The molecule has 57 heavy (non-hydrogen) atoms. The van der Waals surface area contributed by atoms with Crippen molar-refractivity contribution in [1.29, 1.82) is 0 Å². The minimum Gasteiger partial charge on any atom is -0.484 e. The maximum Gasteiger partial charge on any atom is 0.416 e. The van der Waals surface area contributed by atoms with Crippen LogP contribution in [-0.2, 0) is 6.18 Å². The number of halogens is 3. The molecule has 0 saturated heterocycles. The summed E-state index contributed by atoms with van der Waals surface area (Å²) in [5, 5.41) is 8.86. The predicted octanol–water partition coefficient (Wildman–Crippen LogP) is 14.8. The first-order valence-electron chi connectivity index (χ1n) is 19.2. The number of benzene rings is 9. The highest BCUT2D eigenvalue weighted by molar-refractivity contribution is 6.22. The van der Waals surface area contributed by atoms with E-state index in [0.717, 1.165) is 60.7 Å². The fourth-order valence-electron chi connectivity index (χ4n) is 9.44. The lowest BCUT2D eigenvalue weighted by Crippen LogP contribution is -2.21. The molecule has 2 atom stereocenters. The zero-order valence-corrected chi connectivity index (χ0v) is 30.6. The first-order valence-corrected chi connectivity index (χ1v) is 19.2. The average molecular weight is 743 g/mol. The zero-order chi connectivity index (χ0) is 38.3. The lowest BCUT2D eigenvalue weighted by Gasteiger charge is -2.26. The maximum atomic E-state index is 13.6. The summed E-state index contributed by atoms with van der Waals surface area (Å²) in [5.41, 5.74) is 9.09. The van der Waals surface area contributed by atoms with Gasteiger partial charge in [-0.1, -0.05) is 164 Å². The largest absolute Gasteiger partial charge is 0.484 e. The van der Waals surface area contributed by atoms with Gasteiger partial charge in [-0.05, 0) is 106 Å². The molecule has 0 amide bonds. The summed E-state index contributed by atoms with van der Waals surface area (Å²) in [7, 11) is 0. The Labute approximate surface area is 327 Å². The van der Waals surface area contributed by atoms with Crippen LogP contribution < -0.4 is 4.74 Å². The monoisotopic (exact) mass is 742 g/mol. The lowest BCUT2D eigenvalue weighted by molar-refractivity contribution is -0.137. The minimum atomic E-state index is -4.40. The van der Waals surface area contributed by atoms with Gasteiger partial charge in [-0.3, -0.25) is 0 Å². The summed E-state index contributed by atoms with van der Waals surface area (Å²) in [6, 6.07) is 56.7. The van der Waals surface area contributed by atoms with Crippen molar-refractivity contribution < 1.29 is 17.9 Å². The molecule has 9 aromatic carbocycles. The Morgan fingerprint density at radius 1 is 0.421 bits per heavy atom. The highest BCUT2D eigenvalue weighted by atomic mass is 19.4. The van der Waals surface area contributed by atoms with E-state index in [0.29, 0.717) is 0 Å². The number of ether oxygens (including phenoxy) is 1. The standard InChI is InChI=1S/C53H33F3O/c54-53(55,56)35-28-25-33(26-29-35)49-40-19-8-10-21-42(40)51(43-22-11-9-20-41(43)49)45-24-12-23-44-46-31-34(27-30-47(46)57-52(44)45)50-38-17-6-4-15-36(38)48(32-13-2-1-3-14-32)37-16-5-7-18-39(37)50/h1-31,44,52H. The third-order valence-electron chi connectivity index (χ3n) is 11.9. The van der Waals surface area contributed by atoms with Crippen LogP contribution in [0.25, 0.3) is 82.0 Å². The van der Waals surface area contributed by atoms with E-state index in [9.17, 15) is 13.2 Å². The van der Waals surface area contributed by atoms with E-state index < -0.39 is 11.7 Å². The number of fused-ring (bicyclic) bond motifs is 7. The van der Waals surface area contributed by atoms with Gasteiger partial charge in [0.2, 0.25) is 0 Å². The molecular weight excluding hydrogens is 710 g/mol. The number of hydrogen-bond donors (Lipinski definition) is 0. The molecule has 0 spiro atoms. The van der Waals surface area contributed by atoms with Crippen LogP contribution in [0.4, 0.5) is 13.2 Å². The molecule has 0 fully saturated rings. The molecule has 1 aliphatic carbocycles. The lowest BCUT2D eigenvalue weighted by atomic mass is 9.79. The van der Waals surface area contributed by atoms with E-state index in [2.05, 4.69) is 140 Å². The molecule has 1 aliphatic heterocycles. The van der Waals surface area contributed by atoms with Gasteiger partial charge in [-0.2, -0.15) is 13.2 Å². The molecule has 11 rings (SSSR count). The second-order valence-corrected chi connectivity index (χ2v) is 14.9. The topological polar surface area (TPSA) is 9.23 Å². The zero-order valence-electron chi connectivity index (χ0n) is 30.6. The average Bonchev–Trinajstić information content (AvgIpc) is 3.63. The van der Waals surface area contributed by atoms with Gasteiger partial charge in [0.05, 0.1) is 5.56 Å². The Bertz CT molecular complexity index is 3020. The van der Waals surface area contributed by atoms with E-state index in [1.807, 2.05) is 24.3 Å². The van der Waals surface area contributed by atoms with E-state index in [1.54, 1.807) is 12.1 Å². The van der Waals surface area contributed by atoms with E-state index >= 15 is 0 Å². The first-order chi connectivity index (χ1) is 27.9. The molecule has 0 radical (unpaired) electrons. The molecule has 9 aromatic rings. The van der Waals surface area contributed by atoms with Gasteiger partial charge in [0, 0.05) is 17.1 Å². The third-order valence-corrected chi connectivity index (χ3v) is 11.9. The molecule has 1 nitrogen and oxygen atoms in total. The van der Waals surface area contributed by atoms with Crippen LogP contribution >= 0.6 is 0 Å². The number of hydrogen-bond acceptors (Lipinski definition) is 1. The van der Waals surface area contributed by atoms with Crippen LogP contribution in [0.15, 0.2) is 188 Å². The van der Waals surface area contributed by atoms with Crippen LogP contribution in [0.1, 0.15) is 22.6 Å². The smallest absolute Gasteiger partial charge is 0.416 e. The van der Waals surface area contributed by atoms with Crippen molar-refractivity contribution in [2.45, 2.75) is 18.2 Å². The van der Waals surface area contributed by atoms with Crippen LogP contribution in [0.5, 0.6) is 5.75 Å². The van der Waals surface area contributed by atoms with Crippen molar-refractivity contribution in [1.82, 2.24) is 0 Å². The van der Waals surface area contributed by atoms with Crippen LogP contribution in [0, 0.1) is 0 Å². The van der Waals surface area contributed by atoms with E-state index in [4.69, 9.17) is 4.74 Å². The second-order valence-electron chi connectivity index (χ2n) is 14.9. The fourth-order valence-corrected chi connectivity index (χ4v) is 9.44. The molecule has 0 aromatic heterocycles. The summed E-state index contributed by atoms with van der Waals surface area (Å²) in [6.07, 6.45) is 1.90. The summed E-state index contributed by atoms with van der Waals surface area (Å²) < 4.78 is 47.7. The molecular formula is C53H33F3O. The van der Waals surface area contributed by atoms with Gasteiger partial charge >= 0.3 is 6.18 Å². The van der Waals surface area contributed by atoms with Crippen molar-refractivity contribution in [2.75, 3.05) is 0 Å². The van der Waals surface area contributed by atoms with Crippen LogP contribution in [0.2, 0.25) is 0 Å². The Morgan fingerprint density at radius 2 is 0.842 bits per heavy atom. The van der Waals surface area contributed by atoms with Crippen molar-refractivity contribution in [3.8, 4) is 39.1 Å². The molecule has 0 saturated carbocycles. The first kappa shape index (κ1) is 33.4. The highest BCUT2D eigenvalue weighted by Gasteiger charge is 2.39. The molecule has 4 heteroatoms. The summed E-state index contributed by atoms with van der Waals surface area (Å²) in [6.45, 7) is 0. The summed E-state index contributed by atoms with van der Waals surface area (Å²) in [5.74, 6) is 0.851. The normalized spacial score (nSPS) is 16.2. The van der Waals surface area contributed by atoms with Gasteiger partial charge < -0.3 is 4.74 Å². The number of rotatable bonds is 4. The molecule has 1 heterocycles. The van der Waals surface area contributed by atoms with Crippen molar-refractivity contribution >= 4 is 48.7 Å². The summed E-state index contributed by atoms with van der Waals surface area (Å²) in [4.78, 5) is 0. The van der Waals surface area contributed by atoms with Crippen molar-refractivity contribution in [3.63, 3.8) is 0 Å². The molecule has 2 aliphatic rings. The van der Waals surface area contributed by atoms with Gasteiger partial charge in [0.15, 0.2) is 0 Å². The highest BCUT2D eigenvalue weighted by Crippen LogP contribution is 2.52. The maximum absolute atomic E-state index is 13.6. The van der Waals surface area contributed by atoms with Gasteiger partial charge in [-0.25, -0.2) is 0 Å².